The van der Waals surface area contributed by atoms with Crippen molar-refractivity contribution in [1.82, 2.24) is 0 Å². The molecule has 0 unspecified atom stereocenters. The van der Waals surface area contributed by atoms with Crippen molar-refractivity contribution in [2.45, 2.75) is 9.10 Å². The Balaban J connectivity index is 0.000000364. The van der Waals surface area contributed by atoms with Crippen molar-refractivity contribution in [3.63, 3.8) is 0 Å². The molecule has 0 bridgehead atoms. The van der Waals surface area contributed by atoms with Crippen LogP contribution in [0, 0.1) is 11.6 Å². The van der Waals surface area contributed by atoms with E-state index in [0.717, 1.165) is 20.2 Å². The fourth-order valence-electron chi connectivity index (χ4n) is 1.60. The van der Waals surface area contributed by atoms with Crippen molar-refractivity contribution in [2.24, 2.45) is 0 Å². The highest BCUT2D eigenvalue weighted by atomic mass is 35.5. The van der Waals surface area contributed by atoms with E-state index >= 15 is 0 Å². The van der Waals surface area contributed by atoms with Crippen LogP contribution in [-0.2, 0) is 9.10 Å². The molecule has 0 amide bonds. The maximum Gasteiger partial charge on any atom is 0.505 e. The van der Waals surface area contributed by atoms with E-state index in [0.29, 0.717) is 0 Å². The Kier molecular flexibility index (Phi) is 13.1. The second kappa shape index (κ2) is 12.9. The van der Waals surface area contributed by atoms with Gasteiger partial charge in [0.25, 0.3) is 0 Å². The molecule has 21 heavy (non-hydrogen) atoms. The smallest absolute Gasteiger partial charge is 0.412 e. The number of hydrogen-bond donors (Lipinski definition) is 0. The predicted molar refractivity (Wildman–Crippen MR) is 87.0 cm³/mol. The van der Waals surface area contributed by atoms with Crippen LogP contribution in [0.1, 0.15) is 11.1 Å². The van der Waals surface area contributed by atoms with E-state index in [4.69, 9.17) is 18.1 Å². The summed E-state index contributed by atoms with van der Waals surface area (Å²) in [7, 11) is 11.2. The van der Waals surface area contributed by atoms with Crippen LogP contribution < -0.4 is 0 Å². The highest BCUT2D eigenvalue weighted by Crippen LogP contribution is 2.04. The van der Waals surface area contributed by atoms with E-state index < -0.39 is 38.5 Å². The van der Waals surface area contributed by atoms with Crippen LogP contribution in [0.5, 0.6) is 0 Å². The molecule has 0 spiro atoms. The van der Waals surface area contributed by atoms with E-state index in [-0.39, 0.29) is 17.1 Å². The molecule has 0 atom stereocenters. The third-order valence-electron chi connectivity index (χ3n) is 2.54. The molecule has 2 aromatic carbocycles. The van der Waals surface area contributed by atoms with Crippen LogP contribution in [-0.4, -0.2) is 44.0 Å². The Hall–Kier alpha value is 0.372. The first-order valence-electron chi connectivity index (χ1n) is 6.26. The molecule has 1 nitrogen and oxygen atoms in total. The summed E-state index contributed by atoms with van der Waals surface area (Å²) in [6, 6.07) is 13.2. The maximum absolute atomic E-state index is 12.5. The molecule has 108 valence electrons. The molecule has 0 aliphatic heterocycles. The normalized spacial score (nSPS) is 8.57. The fourth-order valence-corrected chi connectivity index (χ4v) is 3.97. The third-order valence-corrected chi connectivity index (χ3v) is 5.21. The SMILES string of the molecule is Fc1cccc([CH2][Mg][Cl])c1.Fc1cccc([CH2][Mg][Cl])c1.O. The second-order valence-corrected chi connectivity index (χ2v) is 8.16. The average molecular weight is 356 g/mol. The third kappa shape index (κ3) is 9.89. The van der Waals surface area contributed by atoms with E-state index in [9.17, 15) is 8.78 Å². The summed E-state index contributed by atoms with van der Waals surface area (Å²) in [4.78, 5) is 0. The number of halogens is 4. The molecule has 0 saturated heterocycles. The lowest BCUT2D eigenvalue weighted by atomic mass is 10.2. The minimum atomic E-state index is -0.495. The van der Waals surface area contributed by atoms with Crippen molar-refractivity contribution in [1.29, 1.82) is 0 Å². The monoisotopic (exact) mass is 354 g/mol. The topological polar surface area (TPSA) is 31.5 Å². The van der Waals surface area contributed by atoms with Crippen molar-refractivity contribution >= 4 is 56.7 Å². The summed E-state index contributed by atoms with van der Waals surface area (Å²) in [6.45, 7) is 0. The summed E-state index contributed by atoms with van der Waals surface area (Å²) in [5.74, 6) is -0.340. The van der Waals surface area contributed by atoms with Crippen LogP contribution in [0.25, 0.3) is 0 Å². The van der Waals surface area contributed by atoms with Crippen LogP contribution in [0.2, 0.25) is 0 Å². The van der Waals surface area contributed by atoms with Gasteiger partial charge in [-0.05, 0) is 24.3 Å². The minimum Gasteiger partial charge on any atom is -0.412 e. The summed E-state index contributed by atoms with van der Waals surface area (Å²) in [5, 5.41) is 0. The summed E-state index contributed by atoms with van der Waals surface area (Å²) in [5.41, 5.74) is 2.03. The zero-order chi connectivity index (χ0) is 14.8. The van der Waals surface area contributed by atoms with E-state index in [1.54, 1.807) is 12.1 Å². The summed E-state index contributed by atoms with van der Waals surface area (Å²) < 4.78 is 26.7. The highest BCUT2D eigenvalue weighted by molar-refractivity contribution is 6.93. The van der Waals surface area contributed by atoms with Gasteiger partial charge in [-0.25, -0.2) is 8.78 Å². The van der Waals surface area contributed by atoms with Crippen LogP contribution in [0.4, 0.5) is 8.78 Å². The molecule has 2 aromatic rings. The molecule has 0 heterocycles. The van der Waals surface area contributed by atoms with Gasteiger partial charge in [0.2, 0.25) is 0 Å². The molecule has 0 saturated carbocycles. The molecular formula is C14H14Cl2F2Mg2O. The van der Waals surface area contributed by atoms with Crippen molar-refractivity contribution < 1.29 is 14.3 Å². The Morgan fingerprint density at radius 3 is 1.43 bits per heavy atom. The first-order chi connectivity index (χ1) is 9.65. The first kappa shape index (κ1) is 21.4. The average Bonchev–Trinajstić information content (AvgIpc) is 2.40. The Morgan fingerprint density at radius 2 is 1.14 bits per heavy atom. The molecule has 0 aliphatic carbocycles. The van der Waals surface area contributed by atoms with Gasteiger partial charge < -0.3 is 23.6 Å². The van der Waals surface area contributed by atoms with Crippen LogP contribution in [0.15, 0.2) is 48.5 Å². The standard InChI is InChI=1S/2C7H6F.2ClH.2Mg.H2O/c2*1-6-3-2-4-7(8)5-6;;;;;/h2*2-5H,1H2;2*1H;;;1H2/q;;;;2*+1;/p-2. The van der Waals surface area contributed by atoms with E-state index in [1.165, 1.54) is 24.3 Å². The van der Waals surface area contributed by atoms with Crippen LogP contribution in [0.3, 0.4) is 0 Å². The molecular weight excluding hydrogens is 342 g/mol. The van der Waals surface area contributed by atoms with E-state index in [2.05, 4.69) is 0 Å². The van der Waals surface area contributed by atoms with Gasteiger partial charge in [0, 0.05) is 0 Å². The van der Waals surface area contributed by atoms with Gasteiger partial charge in [0.15, 0.2) is 0 Å². The largest absolute Gasteiger partial charge is 0.505 e. The fraction of sp³-hybridized carbons (Fsp3) is 0.143. The van der Waals surface area contributed by atoms with E-state index in [1.807, 2.05) is 12.1 Å². The van der Waals surface area contributed by atoms with Gasteiger partial charge in [-0.3, -0.25) is 0 Å². The quantitative estimate of drug-likeness (QED) is 0.751. The molecule has 0 radical (unpaired) electrons. The molecule has 7 heteroatoms. The summed E-state index contributed by atoms with van der Waals surface area (Å²) in [6.07, 6.45) is 0. The lowest BCUT2D eigenvalue weighted by molar-refractivity contribution is 0.626. The lowest BCUT2D eigenvalue weighted by Crippen LogP contribution is -1.88. The van der Waals surface area contributed by atoms with Crippen LogP contribution >= 0.6 is 18.1 Å². The minimum absolute atomic E-state index is 0. The second-order valence-electron chi connectivity index (χ2n) is 4.14. The highest BCUT2D eigenvalue weighted by Gasteiger charge is 1.96. The number of benzene rings is 2. The van der Waals surface area contributed by atoms with Gasteiger partial charge in [0.05, 0.1) is 0 Å². The molecule has 0 fully saturated rings. The van der Waals surface area contributed by atoms with Crippen molar-refractivity contribution in [3.05, 3.63) is 71.3 Å². The molecule has 2 rings (SSSR count). The van der Waals surface area contributed by atoms with Gasteiger partial charge in [-0.15, -0.1) is 0 Å². The molecule has 2 N–H and O–H groups in total. The Bertz CT molecular complexity index is 482. The molecule has 0 aliphatic rings. The predicted octanol–water partition coefficient (Wildman–Crippen LogP) is 3.54. The summed E-state index contributed by atoms with van der Waals surface area (Å²) >= 11 is -0.989. The molecule has 0 aromatic heterocycles. The Labute approximate surface area is 150 Å². The Morgan fingerprint density at radius 1 is 0.762 bits per heavy atom. The first-order valence-corrected chi connectivity index (χ1v) is 12.5. The maximum atomic E-state index is 12.5. The van der Waals surface area contributed by atoms with Gasteiger partial charge >= 0.3 is 38.5 Å². The van der Waals surface area contributed by atoms with Gasteiger partial charge in [-0.1, -0.05) is 44.5 Å². The van der Waals surface area contributed by atoms with Gasteiger partial charge in [0.1, 0.15) is 11.6 Å². The van der Waals surface area contributed by atoms with Crippen molar-refractivity contribution in [3.8, 4) is 0 Å². The van der Waals surface area contributed by atoms with Crippen molar-refractivity contribution in [2.75, 3.05) is 0 Å². The zero-order valence-electron chi connectivity index (χ0n) is 11.5. The zero-order valence-corrected chi connectivity index (χ0v) is 15.8. The number of hydrogen-bond acceptors (Lipinski definition) is 0. The lowest BCUT2D eigenvalue weighted by Gasteiger charge is -1.94. The number of rotatable bonds is 4. The van der Waals surface area contributed by atoms with Gasteiger partial charge in [-0.2, -0.15) is 0 Å².